The van der Waals surface area contributed by atoms with Gasteiger partial charge >= 0.3 is 0 Å². The van der Waals surface area contributed by atoms with Crippen molar-refractivity contribution in [2.24, 2.45) is 5.92 Å². The van der Waals surface area contributed by atoms with Crippen molar-refractivity contribution >= 4 is 5.69 Å². The largest absolute Gasteiger partial charge is 0.383 e. The van der Waals surface area contributed by atoms with Crippen molar-refractivity contribution in [1.29, 1.82) is 0 Å². The predicted molar refractivity (Wildman–Crippen MR) is 63.1 cm³/mol. The molecule has 1 aromatic rings. The molecule has 1 aliphatic carbocycles. The highest BCUT2D eigenvalue weighted by atomic mass is 19.1. The number of ether oxygens (including phenoxy) is 1. The summed E-state index contributed by atoms with van der Waals surface area (Å²) in [4.78, 5) is 0. The van der Waals surface area contributed by atoms with Crippen molar-refractivity contribution in [1.82, 2.24) is 0 Å². The lowest BCUT2D eigenvalue weighted by Gasteiger charge is -2.20. The van der Waals surface area contributed by atoms with E-state index in [-0.39, 0.29) is 5.82 Å². The van der Waals surface area contributed by atoms with E-state index in [2.05, 4.69) is 5.32 Å². The molecule has 0 amide bonds. The Hall–Kier alpha value is -1.09. The molecule has 1 N–H and O–H groups in total. The van der Waals surface area contributed by atoms with Crippen LogP contribution in [0, 0.1) is 18.7 Å². The molecule has 1 fully saturated rings. The second kappa shape index (κ2) is 4.83. The van der Waals surface area contributed by atoms with Gasteiger partial charge in [-0.25, -0.2) is 4.39 Å². The zero-order chi connectivity index (χ0) is 11.5. The van der Waals surface area contributed by atoms with Crippen molar-refractivity contribution in [3.8, 4) is 0 Å². The first-order valence-electron chi connectivity index (χ1n) is 5.72. The number of anilines is 1. The molecule has 2 rings (SSSR count). The van der Waals surface area contributed by atoms with Gasteiger partial charge in [0.1, 0.15) is 5.82 Å². The van der Waals surface area contributed by atoms with Crippen LogP contribution in [0.1, 0.15) is 18.4 Å². The quantitative estimate of drug-likeness (QED) is 0.828. The maximum atomic E-state index is 13.0. The van der Waals surface area contributed by atoms with Crippen LogP contribution in [0.4, 0.5) is 10.1 Å². The normalized spacial score (nSPS) is 17.2. The van der Waals surface area contributed by atoms with Crippen LogP contribution in [-0.2, 0) is 4.74 Å². The van der Waals surface area contributed by atoms with Gasteiger partial charge in [-0.05, 0) is 49.4 Å². The fourth-order valence-electron chi connectivity index (χ4n) is 1.96. The Morgan fingerprint density at radius 1 is 1.50 bits per heavy atom. The molecule has 0 bridgehead atoms. The lowest BCUT2D eigenvalue weighted by Crippen LogP contribution is -2.27. The van der Waals surface area contributed by atoms with Gasteiger partial charge in [0.25, 0.3) is 0 Å². The van der Waals surface area contributed by atoms with E-state index in [9.17, 15) is 4.39 Å². The van der Waals surface area contributed by atoms with Crippen molar-refractivity contribution in [3.05, 3.63) is 29.6 Å². The molecule has 0 aliphatic heterocycles. The molecule has 1 aromatic carbocycles. The highest BCUT2D eigenvalue weighted by Crippen LogP contribution is 2.34. The summed E-state index contributed by atoms with van der Waals surface area (Å²) in [5.74, 6) is 0.530. The van der Waals surface area contributed by atoms with Crippen LogP contribution in [0.15, 0.2) is 18.2 Å². The minimum atomic E-state index is -0.183. The Labute approximate surface area is 95.8 Å². The van der Waals surface area contributed by atoms with Crippen LogP contribution in [-0.4, -0.2) is 19.8 Å². The van der Waals surface area contributed by atoms with E-state index in [1.54, 1.807) is 19.2 Å². The number of halogens is 1. The molecule has 16 heavy (non-hydrogen) atoms. The SMILES string of the molecule is COCC(Nc1ccc(F)cc1C)C1CC1. The molecular weight excluding hydrogens is 205 g/mol. The molecule has 0 heterocycles. The molecular formula is C13H18FNO. The van der Waals surface area contributed by atoms with Gasteiger partial charge in [0.05, 0.1) is 12.6 Å². The van der Waals surface area contributed by atoms with Crippen LogP contribution >= 0.6 is 0 Å². The van der Waals surface area contributed by atoms with Crippen LogP contribution < -0.4 is 5.32 Å². The van der Waals surface area contributed by atoms with Gasteiger partial charge in [0, 0.05) is 12.8 Å². The molecule has 3 heteroatoms. The minimum absolute atomic E-state index is 0.183. The maximum Gasteiger partial charge on any atom is 0.123 e. The maximum absolute atomic E-state index is 13.0. The van der Waals surface area contributed by atoms with Crippen LogP contribution in [0.3, 0.4) is 0 Å². The average Bonchev–Trinajstić information content (AvgIpc) is 3.04. The Balaban J connectivity index is 2.05. The molecule has 0 spiro atoms. The summed E-state index contributed by atoms with van der Waals surface area (Å²) in [7, 11) is 1.72. The zero-order valence-corrected chi connectivity index (χ0v) is 9.79. The molecule has 0 aromatic heterocycles. The number of methoxy groups -OCH3 is 1. The standard InChI is InChI=1S/C13H18FNO/c1-9-7-11(14)5-6-12(9)15-13(8-16-2)10-3-4-10/h5-7,10,13,15H,3-4,8H2,1-2H3. The number of benzene rings is 1. The van der Waals surface area contributed by atoms with Crippen molar-refractivity contribution < 1.29 is 9.13 Å². The second-order valence-corrected chi connectivity index (χ2v) is 4.50. The van der Waals surface area contributed by atoms with Crippen molar-refractivity contribution in [3.63, 3.8) is 0 Å². The highest BCUT2D eigenvalue weighted by Gasteiger charge is 2.31. The van der Waals surface area contributed by atoms with E-state index in [0.29, 0.717) is 18.6 Å². The molecule has 0 radical (unpaired) electrons. The zero-order valence-electron chi connectivity index (χ0n) is 9.79. The molecule has 2 nitrogen and oxygen atoms in total. The Bertz CT molecular complexity index is 363. The van der Waals surface area contributed by atoms with Gasteiger partial charge in [-0.1, -0.05) is 0 Å². The van der Waals surface area contributed by atoms with Gasteiger partial charge in [0.2, 0.25) is 0 Å². The van der Waals surface area contributed by atoms with Gasteiger partial charge in [-0.2, -0.15) is 0 Å². The molecule has 1 aliphatic rings. The third-order valence-electron chi connectivity index (χ3n) is 3.07. The lowest BCUT2D eigenvalue weighted by atomic mass is 10.1. The third-order valence-corrected chi connectivity index (χ3v) is 3.07. The summed E-state index contributed by atoms with van der Waals surface area (Å²) in [5.41, 5.74) is 1.96. The summed E-state index contributed by atoms with van der Waals surface area (Å²) >= 11 is 0. The van der Waals surface area contributed by atoms with Crippen LogP contribution in [0.5, 0.6) is 0 Å². The molecule has 1 atom stereocenters. The summed E-state index contributed by atoms with van der Waals surface area (Å²) in [5, 5.41) is 3.45. The first-order valence-corrected chi connectivity index (χ1v) is 5.72. The minimum Gasteiger partial charge on any atom is -0.383 e. The average molecular weight is 223 g/mol. The third kappa shape index (κ3) is 2.73. The van der Waals surface area contributed by atoms with E-state index in [0.717, 1.165) is 11.3 Å². The lowest BCUT2D eigenvalue weighted by molar-refractivity contribution is 0.179. The van der Waals surface area contributed by atoms with E-state index in [1.807, 2.05) is 6.92 Å². The molecule has 88 valence electrons. The van der Waals surface area contributed by atoms with Gasteiger partial charge < -0.3 is 10.1 Å². The van der Waals surface area contributed by atoms with Crippen molar-refractivity contribution in [2.45, 2.75) is 25.8 Å². The summed E-state index contributed by atoms with van der Waals surface area (Å²) in [6, 6.07) is 5.20. The van der Waals surface area contributed by atoms with E-state index < -0.39 is 0 Å². The van der Waals surface area contributed by atoms with Gasteiger partial charge in [-0.15, -0.1) is 0 Å². The number of hydrogen-bond acceptors (Lipinski definition) is 2. The summed E-state index contributed by atoms with van der Waals surface area (Å²) < 4.78 is 18.2. The van der Waals surface area contributed by atoms with Gasteiger partial charge in [0.15, 0.2) is 0 Å². The van der Waals surface area contributed by atoms with E-state index in [4.69, 9.17) is 4.74 Å². The van der Waals surface area contributed by atoms with Crippen molar-refractivity contribution in [2.75, 3.05) is 19.0 Å². The van der Waals surface area contributed by atoms with Gasteiger partial charge in [-0.3, -0.25) is 0 Å². The number of hydrogen-bond donors (Lipinski definition) is 1. The molecule has 1 saturated carbocycles. The monoisotopic (exact) mass is 223 g/mol. The highest BCUT2D eigenvalue weighted by molar-refractivity contribution is 5.51. The fraction of sp³-hybridized carbons (Fsp3) is 0.538. The smallest absolute Gasteiger partial charge is 0.123 e. The fourth-order valence-corrected chi connectivity index (χ4v) is 1.96. The first-order chi connectivity index (χ1) is 7.70. The molecule has 0 saturated heterocycles. The number of nitrogens with one attached hydrogen (secondary N) is 1. The Kier molecular flexibility index (Phi) is 3.44. The topological polar surface area (TPSA) is 21.3 Å². The number of rotatable bonds is 5. The van der Waals surface area contributed by atoms with Crippen LogP contribution in [0.25, 0.3) is 0 Å². The molecule has 1 unspecified atom stereocenters. The number of aryl methyl sites for hydroxylation is 1. The van der Waals surface area contributed by atoms with E-state index in [1.165, 1.54) is 18.9 Å². The second-order valence-electron chi connectivity index (χ2n) is 4.50. The van der Waals surface area contributed by atoms with E-state index >= 15 is 0 Å². The predicted octanol–water partition coefficient (Wildman–Crippen LogP) is 2.97. The Morgan fingerprint density at radius 3 is 2.81 bits per heavy atom. The summed E-state index contributed by atoms with van der Waals surface area (Å²) in [6.07, 6.45) is 2.53. The van der Waals surface area contributed by atoms with Crippen LogP contribution in [0.2, 0.25) is 0 Å². The summed E-state index contributed by atoms with van der Waals surface area (Å²) in [6.45, 7) is 2.63. The first kappa shape index (κ1) is 11.4. The Morgan fingerprint density at radius 2 is 2.25 bits per heavy atom.